The monoisotopic (exact) mass is 369 g/mol. The van der Waals surface area contributed by atoms with Crippen LogP contribution in [0.4, 0.5) is 8.78 Å². The van der Waals surface area contributed by atoms with Gasteiger partial charge in [-0.05, 0) is 41.4 Å². The molecule has 0 N–H and O–H groups in total. The second kappa shape index (κ2) is 6.75. The molecule has 0 amide bonds. The number of halogens is 4. The van der Waals surface area contributed by atoms with Crippen LogP contribution in [0.15, 0.2) is 47.0 Å². The van der Waals surface area contributed by atoms with Crippen LogP contribution in [0.2, 0.25) is 5.02 Å². The molecule has 123 valence electrons. The summed E-state index contributed by atoms with van der Waals surface area (Å²) in [5, 5.41) is 0.415. The molecule has 8 heteroatoms. The Kier molecular flexibility index (Phi) is 4.69. The summed E-state index contributed by atoms with van der Waals surface area (Å²) in [7, 11) is 0. The third kappa shape index (κ3) is 4.01. The van der Waals surface area contributed by atoms with Gasteiger partial charge in [-0.25, -0.2) is 0 Å². The molecule has 4 nitrogen and oxygen atoms in total. The molecular formula is C16H9Cl2F2N2O2. The minimum atomic E-state index is -3.71. The highest BCUT2D eigenvalue weighted by Gasteiger charge is 2.35. The molecule has 0 saturated carbocycles. The summed E-state index contributed by atoms with van der Waals surface area (Å²) in [5.41, 5.74) is 1.36. The third-order valence-corrected chi connectivity index (χ3v) is 3.42. The van der Waals surface area contributed by atoms with Crippen molar-refractivity contribution in [2.45, 2.75) is 12.0 Å². The molecule has 0 saturated heterocycles. The largest absolute Gasteiger partial charge is 0.488 e. The number of hydrogen-bond donors (Lipinski definition) is 0. The lowest BCUT2D eigenvalue weighted by Crippen LogP contribution is -2.03. The Hall–Kier alpha value is -2.18. The average molecular weight is 370 g/mol. The zero-order chi connectivity index (χ0) is 17.2. The molecule has 0 bridgehead atoms. The lowest BCUT2D eigenvalue weighted by molar-refractivity contribution is 0.0551. The van der Waals surface area contributed by atoms with Gasteiger partial charge >= 0.3 is 11.3 Å². The normalized spacial score (nSPS) is 11.5. The van der Waals surface area contributed by atoms with E-state index in [9.17, 15) is 8.78 Å². The fourth-order valence-electron chi connectivity index (χ4n) is 1.86. The molecule has 0 aliphatic rings. The lowest BCUT2D eigenvalue weighted by Gasteiger charge is -2.06. The van der Waals surface area contributed by atoms with Crippen LogP contribution in [0, 0.1) is 6.07 Å². The molecule has 0 aliphatic heterocycles. The number of rotatable bonds is 5. The summed E-state index contributed by atoms with van der Waals surface area (Å²) in [5.74, 6) is -0.572. The number of nitrogens with zero attached hydrogens (tertiary/aromatic N) is 2. The van der Waals surface area contributed by atoms with Crippen LogP contribution in [0.5, 0.6) is 5.75 Å². The second-order valence-electron chi connectivity index (χ2n) is 4.78. The summed E-state index contributed by atoms with van der Waals surface area (Å²) in [6, 6.07) is 14.8. The van der Waals surface area contributed by atoms with Crippen molar-refractivity contribution in [2.24, 2.45) is 0 Å². The van der Waals surface area contributed by atoms with Crippen molar-refractivity contribution >= 4 is 23.2 Å². The van der Waals surface area contributed by atoms with Gasteiger partial charge in [0.05, 0.1) is 0 Å². The van der Waals surface area contributed by atoms with Crippen LogP contribution in [0.1, 0.15) is 11.5 Å². The smallest absolute Gasteiger partial charge is 0.400 e. The van der Waals surface area contributed by atoms with E-state index >= 15 is 0 Å². The van der Waals surface area contributed by atoms with Crippen LogP contribution in [-0.4, -0.2) is 10.1 Å². The quantitative estimate of drug-likeness (QED) is 0.590. The van der Waals surface area contributed by atoms with E-state index in [-0.39, 0.29) is 5.82 Å². The average Bonchev–Trinajstić information content (AvgIpc) is 3.05. The van der Waals surface area contributed by atoms with Crippen molar-refractivity contribution in [1.29, 1.82) is 0 Å². The first-order chi connectivity index (χ1) is 11.4. The number of aromatic nitrogens is 2. The van der Waals surface area contributed by atoms with Gasteiger partial charge in [-0.3, -0.25) is 0 Å². The first-order valence-corrected chi connectivity index (χ1v) is 7.48. The van der Waals surface area contributed by atoms with Gasteiger partial charge in [0.25, 0.3) is 0 Å². The Morgan fingerprint density at radius 2 is 1.96 bits per heavy atom. The van der Waals surface area contributed by atoms with E-state index in [1.165, 1.54) is 0 Å². The highest BCUT2D eigenvalue weighted by atomic mass is 35.5. The van der Waals surface area contributed by atoms with Gasteiger partial charge in [-0.2, -0.15) is 13.8 Å². The molecule has 2 aromatic carbocycles. The summed E-state index contributed by atoms with van der Waals surface area (Å²) in [6.07, 6.45) is 0. The summed E-state index contributed by atoms with van der Waals surface area (Å²) in [4.78, 5) is 3.58. The van der Waals surface area contributed by atoms with Gasteiger partial charge in [0.15, 0.2) is 0 Å². The molecule has 0 aliphatic carbocycles. The predicted octanol–water partition coefficient (Wildman–Crippen LogP) is 5.06. The Labute approximate surface area is 146 Å². The van der Waals surface area contributed by atoms with Crippen LogP contribution >= 0.6 is 23.2 Å². The van der Waals surface area contributed by atoms with E-state index in [1.807, 2.05) is 12.1 Å². The minimum absolute atomic E-state index is 0.0179. The first-order valence-electron chi connectivity index (χ1n) is 6.72. The number of benzene rings is 2. The molecule has 0 atom stereocenters. The van der Waals surface area contributed by atoms with Crippen molar-refractivity contribution in [3.63, 3.8) is 0 Å². The van der Waals surface area contributed by atoms with Crippen LogP contribution in [0.3, 0.4) is 0 Å². The summed E-state index contributed by atoms with van der Waals surface area (Å²) in [6.45, 7) is 0.300. The Balaban J connectivity index is 1.74. The van der Waals surface area contributed by atoms with Crippen molar-refractivity contribution in [3.05, 3.63) is 65.0 Å². The van der Waals surface area contributed by atoms with Crippen molar-refractivity contribution in [3.8, 4) is 17.1 Å². The van der Waals surface area contributed by atoms with Gasteiger partial charge in [0.1, 0.15) is 12.4 Å². The molecule has 1 heterocycles. The number of alkyl halides is 3. The maximum atomic E-state index is 12.9. The zero-order valence-electron chi connectivity index (χ0n) is 12.0. The third-order valence-electron chi connectivity index (χ3n) is 3.01. The van der Waals surface area contributed by atoms with Crippen LogP contribution in [-0.2, 0) is 12.0 Å². The molecule has 24 heavy (non-hydrogen) atoms. The Bertz CT molecular complexity index is 833. The summed E-state index contributed by atoms with van der Waals surface area (Å²) < 4.78 is 35.9. The highest BCUT2D eigenvalue weighted by Crippen LogP contribution is 2.32. The standard InChI is InChI=1S/C16H9Cl2F2N2O2/c17-12-6-4-10(5-7-12)9-23-13-3-1-2-11(8-13)14-21-15(24-22-14)16(18,19)20/h1-2,4-8H,9H2. The maximum absolute atomic E-state index is 12.9. The molecule has 3 aromatic rings. The highest BCUT2D eigenvalue weighted by molar-refractivity contribution is 6.30. The van der Waals surface area contributed by atoms with Crippen molar-refractivity contribution in [1.82, 2.24) is 10.1 Å². The number of hydrogen-bond acceptors (Lipinski definition) is 4. The molecule has 0 spiro atoms. The van der Waals surface area contributed by atoms with Gasteiger partial charge in [-0.1, -0.05) is 35.0 Å². The topological polar surface area (TPSA) is 48.2 Å². The minimum Gasteiger partial charge on any atom is -0.488 e. The molecule has 0 fully saturated rings. The van der Waals surface area contributed by atoms with E-state index in [4.69, 9.17) is 27.9 Å². The molecule has 0 unspecified atom stereocenters. The lowest BCUT2D eigenvalue weighted by atomic mass is 10.2. The summed E-state index contributed by atoms with van der Waals surface area (Å²) >= 11 is 10.7. The molecular weight excluding hydrogens is 361 g/mol. The second-order valence-corrected chi connectivity index (χ2v) is 5.69. The first kappa shape index (κ1) is 16.7. The Morgan fingerprint density at radius 1 is 1.21 bits per heavy atom. The van der Waals surface area contributed by atoms with E-state index < -0.39 is 11.3 Å². The van der Waals surface area contributed by atoms with Gasteiger partial charge in [0.2, 0.25) is 5.82 Å². The van der Waals surface area contributed by atoms with Crippen LogP contribution < -0.4 is 4.74 Å². The van der Waals surface area contributed by atoms with Crippen molar-refractivity contribution in [2.75, 3.05) is 0 Å². The van der Waals surface area contributed by atoms with E-state index in [0.29, 0.717) is 22.9 Å². The van der Waals surface area contributed by atoms with Crippen LogP contribution in [0.25, 0.3) is 11.4 Å². The van der Waals surface area contributed by atoms with Crippen molar-refractivity contribution < 1.29 is 18.0 Å². The van der Waals surface area contributed by atoms with E-state index in [0.717, 1.165) is 5.56 Å². The Morgan fingerprint density at radius 3 is 2.62 bits per heavy atom. The SMILES string of the molecule is FC(F)(Cl)c1nc(-c2cc[c]c(OCc3ccc(Cl)cc3)c2)no1. The van der Waals surface area contributed by atoms with Gasteiger partial charge in [-0.15, -0.1) is 0 Å². The molecule has 1 aromatic heterocycles. The zero-order valence-corrected chi connectivity index (χ0v) is 13.5. The predicted molar refractivity (Wildman–Crippen MR) is 84.1 cm³/mol. The van der Waals surface area contributed by atoms with Gasteiger partial charge in [0, 0.05) is 16.7 Å². The number of ether oxygens (including phenoxy) is 1. The van der Waals surface area contributed by atoms with Gasteiger partial charge < -0.3 is 9.26 Å². The van der Waals surface area contributed by atoms with E-state index in [2.05, 4.69) is 20.7 Å². The molecule has 1 radical (unpaired) electrons. The fraction of sp³-hybridized carbons (Fsp3) is 0.125. The van der Waals surface area contributed by atoms with E-state index in [1.54, 1.807) is 30.3 Å². The molecule has 3 rings (SSSR count). The fourth-order valence-corrected chi connectivity index (χ4v) is 2.07. The maximum Gasteiger partial charge on any atom is 0.400 e.